The molecule has 0 fully saturated rings. The quantitative estimate of drug-likeness (QED) is 0.718. The third-order valence-corrected chi connectivity index (χ3v) is 5.27. The van der Waals surface area contributed by atoms with Gasteiger partial charge in [0.1, 0.15) is 6.29 Å². The molecular weight excluding hydrogens is 356 g/mol. The Kier molecular flexibility index (Phi) is 5.14. The lowest BCUT2D eigenvalue weighted by molar-refractivity contribution is 0.112. The van der Waals surface area contributed by atoms with Crippen molar-refractivity contribution in [3.8, 4) is 0 Å². The molecule has 0 amide bonds. The molecule has 5 heteroatoms. The molecule has 4 rings (SSSR count). The second kappa shape index (κ2) is 7.71. The molecule has 0 radical (unpaired) electrons. The van der Waals surface area contributed by atoms with E-state index >= 15 is 0 Å². The average Bonchev–Trinajstić information content (AvgIpc) is 2.70. The van der Waals surface area contributed by atoms with Crippen LogP contribution in [0.3, 0.4) is 0 Å². The fourth-order valence-electron chi connectivity index (χ4n) is 3.63. The molecule has 3 aromatic carbocycles. The minimum absolute atomic E-state index is 0.319. The highest BCUT2D eigenvalue weighted by Gasteiger charge is 2.35. The van der Waals surface area contributed by atoms with Gasteiger partial charge in [-0.1, -0.05) is 72.3 Å². The summed E-state index contributed by atoms with van der Waals surface area (Å²) in [5.74, 6) is 0. The van der Waals surface area contributed by atoms with E-state index in [9.17, 15) is 0 Å². The second-order valence-electron chi connectivity index (χ2n) is 6.83. The Balaban J connectivity index is 1.72. The highest BCUT2D eigenvalue weighted by molar-refractivity contribution is 6.30. The first-order valence-electron chi connectivity index (χ1n) is 9.04. The summed E-state index contributed by atoms with van der Waals surface area (Å²) in [7, 11) is 0. The van der Waals surface area contributed by atoms with Crippen molar-refractivity contribution in [3.63, 3.8) is 0 Å². The van der Waals surface area contributed by atoms with Crippen molar-refractivity contribution < 1.29 is 0 Å². The lowest BCUT2D eigenvalue weighted by Crippen LogP contribution is -2.59. The van der Waals surface area contributed by atoms with Crippen molar-refractivity contribution in [2.75, 3.05) is 4.90 Å². The molecule has 138 valence electrons. The molecule has 0 spiro atoms. The topological polar surface area (TPSA) is 58.5 Å². The maximum atomic E-state index is 6.70. The summed E-state index contributed by atoms with van der Waals surface area (Å²) in [5, 5.41) is 0.680. The maximum absolute atomic E-state index is 6.70. The van der Waals surface area contributed by atoms with Crippen molar-refractivity contribution in [2.24, 2.45) is 11.5 Å². The predicted molar refractivity (Wildman–Crippen MR) is 111 cm³/mol. The lowest BCUT2D eigenvalue weighted by Gasteiger charge is -2.47. The van der Waals surface area contributed by atoms with Crippen LogP contribution in [0, 0.1) is 0 Å². The number of benzene rings is 3. The highest BCUT2D eigenvalue weighted by atomic mass is 35.5. The maximum Gasteiger partial charge on any atom is 0.136 e. The molecule has 3 aromatic rings. The Hall–Kier alpha value is -2.37. The third kappa shape index (κ3) is 3.70. The molecule has 0 bridgehead atoms. The van der Waals surface area contributed by atoms with Gasteiger partial charge in [0.05, 0.1) is 6.17 Å². The van der Waals surface area contributed by atoms with Gasteiger partial charge in [0.2, 0.25) is 0 Å². The van der Waals surface area contributed by atoms with Crippen LogP contribution in [0.4, 0.5) is 5.69 Å². The molecule has 27 heavy (non-hydrogen) atoms. The first kappa shape index (κ1) is 18.0. The molecule has 4 nitrogen and oxygen atoms in total. The molecule has 1 aliphatic heterocycles. The molecule has 0 aromatic heterocycles. The van der Waals surface area contributed by atoms with E-state index in [-0.39, 0.29) is 12.5 Å². The van der Waals surface area contributed by atoms with Gasteiger partial charge in [0, 0.05) is 29.4 Å². The molecule has 2 atom stereocenters. The van der Waals surface area contributed by atoms with Gasteiger partial charge in [-0.05, 0) is 29.3 Å². The first-order valence-corrected chi connectivity index (χ1v) is 9.42. The number of hydrogen-bond donors (Lipinski definition) is 2. The van der Waals surface area contributed by atoms with Crippen LogP contribution in [0.5, 0.6) is 0 Å². The number of hydrogen-bond acceptors (Lipinski definition) is 4. The molecule has 0 saturated heterocycles. The van der Waals surface area contributed by atoms with E-state index < -0.39 is 0 Å². The third-order valence-electron chi connectivity index (χ3n) is 5.04. The molecule has 1 heterocycles. The Morgan fingerprint density at radius 1 is 0.778 bits per heavy atom. The van der Waals surface area contributed by atoms with Crippen molar-refractivity contribution in [1.29, 1.82) is 0 Å². The second-order valence-corrected chi connectivity index (χ2v) is 7.27. The minimum Gasteiger partial charge on any atom is -0.339 e. The molecule has 2 unspecified atom stereocenters. The SMILES string of the molecule is NC1c2cc(Cl)ccc2N(Cc2ccccc2)C(N)N1Cc1ccccc1. The summed E-state index contributed by atoms with van der Waals surface area (Å²) in [5.41, 5.74) is 17.7. The lowest BCUT2D eigenvalue weighted by atomic mass is 10.0. The monoisotopic (exact) mass is 378 g/mol. The summed E-state index contributed by atoms with van der Waals surface area (Å²) in [4.78, 5) is 4.30. The van der Waals surface area contributed by atoms with E-state index in [2.05, 4.69) is 34.1 Å². The molecule has 4 N–H and O–H groups in total. The number of nitrogens with zero attached hydrogens (tertiary/aromatic N) is 2. The van der Waals surface area contributed by atoms with Gasteiger partial charge in [0.25, 0.3) is 0 Å². The van der Waals surface area contributed by atoms with Gasteiger partial charge in [-0.25, -0.2) is 4.90 Å². The number of rotatable bonds is 4. The Labute approximate surface area is 165 Å². The normalized spacial score (nSPS) is 19.7. The largest absolute Gasteiger partial charge is 0.339 e. The Morgan fingerprint density at radius 2 is 1.37 bits per heavy atom. The van der Waals surface area contributed by atoms with Gasteiger partial charge < -0.3 is 10.6 Å². The fraction of sp³-hybridized carbons (Fsp3) is 0.182. The highest BCUT2D eigenvalue weighted by Crippen LogP contribution is 2.38. The van der Waals surface area contributed by atoms with E-state index in [1.54, 1.807) is 0 Å². The van der Waals surface area contributed by atoms with Crippen LogP contribution in [0.15, 0.2) is 78.9 Å². The van der Waals surface area contributed by atoms with Gasteiger partial charge in [-0.15, -0.1) is 0 Å². The van der Waals surface area contributed by atoms with E-state index in [0.29, 0.717) is 18.1 Å². The number of halogens is 1. The molecule has 0 aliphatic carbocycles. The summed E-state index contributed by atoms with van der Waals surface area (Å²) in [6.07, 6.45) is -0.657. The van der Waals surface area contributed by atoms with Crippen LogP contribution >= 0.6 is 11.6 Å². The molecular formula is C22H23ClN4. The van der Waals surface area contributed by atoms with Gasteiger partial charge in [-0.2, -0.15) is 0 Å². The smallest absolute Gasteiger partial charge is 0.136 e. The van der Waals surface area contributed by atoms with Crippen LogP contribution in [0.25, 0.3) is 0 Å². The van der Waals surface area contributed by atoms with E-state index in [4.69, 9.17) is 23.1 Å². The summed E-state index contributed by atoms with van der Waals surface area (Å²) in [6, 6.07) is 26.4. The van der Waals surface area contributed by atoms with E-state index in [0.717, 1.165) is 11.3 Å². The van der Waals surface area contributed by atoms with E-state index in [1.165, 1.54) is 11.1 Å². The average molecular weight is 379 g/mol. The van der Waals surface area contributed by atoms with Crippen LogP contribution in [-0.4, -0.2) is 11.2 Å². The summed E-state index contributed by atoms with van der Waals surface area (Å²) in [6.45, 7) is 1.37. The zero-order chi connectivity index (χ0) is 18.8. The first-order chi connectivity index (χ1) is 13.1. The number of nitrogens with two attached hydrogens (primary N) is 2. The Morgan fingerprint density at radius 3 is 2.00 bits per heavy atom. The van der Waals surface area contributed by atoms with Crippen LogP contribution in [-0.2, 0) is 13.1 Å². The van der Waals surface area contributed by atoms with Gasteiger partial charge in [0.15, 0.2) is 0 Å². The van der Waals surface area contributed by atoms with Crippen LogP contribution in [0.1, 0.15) is 22.9 Å². The minimum atomic E-state index is -0.339. The standard InChI is InChI=1S/C22H23ClN4/c23-18-11-12-20-19(13-18)21(24)27(15-17-9-5-2-6-10-17)22(25)26(20)14-16-7-3-1-4-8-16/h1-13,21-22H,14-15,24-25H2. The Bertz CT molecular complexity index is 901. The van der Waals surface area contributed by atoms with Crippen molar-refractivity contribution in [3.05, 3.63) is 101 Å². The number of anilines is 1. The van der Waals surface area contributed by atoms with Crippen molar-refractivity contribution >= 4 is 17.3 Å². The predicted octanol–water partition coefficient (Wildman–Crippen LogP) is 4.06. The van der Waals surface area contributed by atoms with Gasteiger partial charge >= 0.3 is 0 Å². The van der Waals surface area contributed by atoms with Gasteiger partial charge in [-0.3, -0.25) is 5.73 Å². The van der Waals surface area contributed by atoms with Crippen molar-refractivity contribution in [1.82, 2.24) is 4.90 Å². The molecule has 1 aliphatic rings. The van der Waals surface area contributed by atoms with Crippen LogP contribution < -0.4 is 16.4 Å². The van der Waals surface area contributed by atoms with Crippen molar-refractivity contribution in [2.45, 2.75) is 25.5 Å². The fourth-order valence-corrected chi connectivity index (χ4v) is 3.81. The summed E-state index contributed by atoms with van der Waals surface area (Å²) < 4.78 is 0. The summed E-state index contributed by atoms with van der Waals surface area (Å²) >= 11 is 6.27. The zero-order valence-corrected chi connectivity index (χ0v) is 15.8. The van der Waals surface area contributed by atoms with E-state index in [1.807, 2.05) is 54.6 Å². The zero-order valence-electron chi connectivity index (χ0n) is 15.0. The molecule has 0 saturated carbocycles. The number of fused-ring (bicyclic) bond motifs is 1. The van der Waals surface area contributed by atoms with Crippen LogP contribution in [0.2, 0.25) is 5.02 Å².